The molecule has 6 heteroatoms. The molecule has 0 aliphatic rings. The second-order valence-electron chi connectivity index (χ2n) is 5.01. The Hall–Kier alpha value is -2.60. The van der Waals surface area contributed by atoms with Crippen molar-refractivity contribution < 1.29 is 4.74 Å². The van der Waals surface area contributed by atoms with Gasteiger partial charge in [0, 0.05) is 26.4 Å². The van der Waals surface area contributed by atoms with Crippen molar-refractivity contribution in [1.82, 2.24) is 14.5 Å². The van der Waals surface area contributed by atoms with Crippen LogP contribution in [-0.4, -0.2) is 34.8 Å². The number of hydrogen-bond acceptors (Lipinski definition) is 5. The van der Waals surface area contributed by atoms with Crippen LogP contribution in [0.4, 0.5) is 11.8 Å². The molecular formula is C16H19N5O. The Kier molecular flexibility index (Phi) is 4.20. The van der Waals surface area contributed by atoms with Crippen LogP contribution in [0.1, 0.15) is 5.56 Å². The highest BCUT2D eigenvalue weighted by atomic mass is 16.5. The summed E-state index contributed by atoms with van der Waals surface area (Å²) < 4.78 is 7.19. The maximum Gasteiger partial charge on any atom is 0.222 e. The molecule has 0 atom stereocenters. The summed E-state index contributed by atoms with van der Waals surface area (Å²) in [5.74, 6) is 1.00. The van der Waals surface area contributed by atoms with Gasteiger partial charge >= 0.3 is 0 Å². The maximum atomic E-state index is 5.79. The number of hydrogen-bond donors (Lipinski definition) is 2. The van der Waals surface area contributed by atoms with Crippen molar-refractivity contribution in [2.75, 3.05) is 31.3 Å². The number of nitrogens with two attached hydrogens (primary N) is 1. The van der Waals surface area contributed by atoms with E-state index in [-0.39, 0.29) is 5.95 Å². The van der Waals surface area contributed by atoms with Gasteiger partial charge in [-0.15, -0.1) is 0 Å². The summed E-state index contributed by atoms with van der Waals surface area (Å²) in [6.07, 6.45) is 2.01. The first-order chi connectivity index (χ1) is 10.8. The lowest BCUT2D eigenvalue weighted by Gasteiger charge is -2.11. The van der Waals surface area contributed by atoms with Gasteiger partial charge < -0.3 is 20.4 Å². The molecule has 0 fully saturated rings. The number of nitrogen functional groups attached to an aromatic ring is 1. The van der Waals surface area contributed by atoms with E-state index in [1.54, 1.807) is 7.11 Å². The molecule has 0 saturated heterocycles. The number of benzene rings is 1. The van der Waals surface area contributed by atoms with Gasteiger partial charge in [0.15, 0.2) is 5.82 Å². The molecule has 0 saturated carbocycles. The van der Waals surface area contributed by atoms with Crippen LogP contribution >= 0.6 is 0 Å². The van der Waals surface area contributed by atoms with E-state index in [0.29, 0.717) is 13.2 Å². The number of ether oxygens (including phenoxy) is 1. The lowest BCUT2D eigenvalue weighted by Crippen LogP contribution is -2.12. The van der Waals surface area contributed by atoms with Crippen LogP contribution in [0.25, 0.3) is 11.0 Å². The predicted molar refractivity (Wildman–Crippen MR) is 87.9 cm³/mol. The highest BCUT2D eigenvalue weighted by molar-refractivity contribution is 5.87. The van der Waals surface area contributed by atoms with E-state index in [0.717, 1.165) is 23.4 Å². The molecule has 0 aliphatic heterocycles. The summed E-state index contributed by atoms with van der Waals surface area (Å²) in [6.45, 7) is 2.03. The average molecular weight is 297 g/mol. The monoisotopic (exact) mass is 297 g/mol. The smallest absolute Gasteiger partial charge is 0.222 e. The Morgan fingerprint density at radius 1 is 1.18 bits per heavy atom. The Labute approximate surface area is 128 Å². The van der Waals surface area contributed by atoms with Crippen molar-refractivity contribution in [2.24, 2.45) is 0 Å². The Balaban J connectivity index is 1.96. The van der Waals surface area contributed by atoms with Crippen LogP contribution in [0.3, 0.4) is 0 Å². The molecular weight excluding hydrogens is 278 g/mol. The SMILES string of the molecule is COCCNc1nc(N)nc2ccn(Cc3ccccc3)c12. The zero-order chi connectivity index (χ0) is 15.4. The normalized spacial score (nSPS) is 11.0. The molecule has 0 aliphatic carbocycles. The maximum absolute atomic E-state index is 5.79. The van der Waals surface area contributed by atoms with E-state index in [4.69, 9.17) is 10.5 Å². The molecule has 0 amide bonds. The third-order valence-electron chi connectivity index (χ3n) is 3.42. The minimum atomic E-state index is 0.268. The molecule has 6 nitrogen and oxygen atoms in total. The topological polar surface area (TPSA) is 78.0 Å². The van der Waals surface area contributed by atoms with E-state index in [9.17, 15) is 0 Å². The van der Waals surface area contributed by atoms with Gasteiger partial charge in [-0.3, -0.25) is 0 Å². The fourth-order valence-electron chi connectivity index (χ4n) is 2.43. The van der Waals surface area contributed by atoms with Gasteiger partial charge in [0.05, 0.1) is 12.1 Å². The zero-order valence-electron chi connectivity index (χ0n) is 12.5. The number of nitrogens with one attached hydrogen (secondary N) is 1. The van der Waals surface area contributed by atoms with Gasteiger partial charge in [-0.1, -0.05) is 30.3 Å². The molecule has 3 N–H and O–H groups in total. The molecule has 1 aromatic carbocycles. The van der Waals surface area contributed by atoms with Crippen molar-refractivity contribution in [3.05, 3.63) is 48.2 Å². The highest BCUT2D eigenvalue weighted by Crippen LogP contribution is 2.23. The Morgan fingerprint density at radius 3 is 2.77 bits per heavy atom. The summed E-state index contributed by atoms with van der Waals surface area (Å²) >= 11 is 0. The lowest BCUT2D eigenvalue weighted by atomic mass is 10.2. The van der Waals surface area contributed by atoms with E-state index >= 15 is 0 Å². The largest absolute Gasteiger partial charge is 0.383 e. The van der Waals surface area contributed by atoms with Gasteiger partial charge in [0.2, 0.25) is 5.95 Å². The van der Waals surface area contributed by atoms with E-state index in [2.05, 4.69) is 32.0 Å². The molecule has 0 bridgehead atoms. The molecule has 2 aromatic heterocycles. The van der Waals surface area contributed by atoms with Crippen molar-refractivity contribution in [2.45, 2.75) is 6.54 Å². The number of rotatable bonds is 6. The highest BCUT2D eigenvalue weighted by Gasteiger charge is 2.11. The fourth-order valence-corrected chi connectivity index (χ4v) is 2.43. The lowest BCUT2D eigenvalue weighted by molar-refractivity contribution is 0.210. The Morgan fingerprint density at radius 2 is 2.00 bits per heavy atom. The van der Waals surface area contributed by atoms with Crippen molar-refractivity contribution >= 4 is 22.8 Å². The van der Waals surface area contributed by atoms with Gasteiger partial charge in [0.25, 0.3) is 0 Å². The summed E-state index contributed by atoms with van der Waals surface area (Å²) in [5.41, 5.74) is 8.80. The average Bonchev–Trinajstić information content (AvgIpc) is 2.91. The fraction of sp³-hybridized carbons (Fsp3) is 0.250. The van der Waals surface area contributed by atoms with Crippen LogP contribution in [0.5, 0.6) is 0 Å². The number of anilines is 2. The van der Waals surface area contributed by atoms with Crippen molar-refractivity contribution in [3.63, 3.8) is 0 Å². The first-order valence-electron chi connectivity index (χ1n) is 7.17. The second kappa shape index (κ2) is 6.44. The molecule has 0 radical (unpaired) electrons. The quantitative estimate of drug-likeness (QED) is 0.681. The van der Waals surface area contributed by atoms with E-state index in [1.165, 1.54) is 5.56 Å². The molecule has 2 heterocycles. The molecule has 0 spiro atoms. The minimum absolute atomic E-state index is 0.268. The Bertz CT molecular complexity index is 754. The van der Waals surface area contributed by atoms with Gasteiger partial charge in [-0.05, 0) is 11.6 Å². The second-order valence-corrected chi connectivity index (χ2v) is 5.01. The number of fused-ring (bicyclic) bond motifs is 1. The first-order valence-corrected chi connectivity index (χ1v) is 7.17. The summed E-state index contributed by atoms with van der Waals surface area (Å²) in [5, 5.41) is 3.26. The molecule has 0 unspecified atom stereocenters. The summed E-state index contributed by atoms with van der Waals surface area (Å²) in [6, 6.07) is 12.2. The van der Waals surface area contributed by atoms with Crippen molar-refractivity contribution in [1.29, 1.82) is 0 Å². The van der Waals surface area contributed by atoms with Crippen molar-refractivity contribution in [3.8, 4) is 0 Å². The number of nitrogens with zero attached hydrogens (tertiary/aromatic N) is 3. The minimum Gasteiger partial charge on any atom is -0.383 e. The van der Waals surface area contributed by atoms with Crippen LogP contribution in [-0.2, 0) is 11.3 Å². The predicted octanol–water partition coefficient (Wildman–Crippen LogP) is 2.12. The third kappa shape index (κ3) is 3.01. The van der Waals surface area contributed by atoms with E-state index < -0.39 is 0 Å². The standard InChI is InChI=1S/C16H19N5O/c1-22-10-8-18-15-14-13(19-16(17)20-15)7-9-21(14)11-12-5-3-2-4-6-12/h2-7,9H,8,10-11H2,1H3,(H3,17,18,19,20). The third-order valence-corrected chi connectivity index (χ3v) is 3.42. The van der Waals surface area contributed by atoms with Crippen LogP contribution < -0.4 is 11.1 Å². The summed E-state index contributed by atoms with van der Waals surface area (Å²) in [4.78, 5) is 8.63. The van der Waals surface area contributed by atoms with Gasteiger partial charge in [-0.25, -0.2) is 4.98 Å². The number of methoxy groups -OCH3 is 1. The van der Waals surface area contributed by atoms with Crippen LogP contribution in [0, 0.1) is 0 Å². The summed E-state index contributed by atoms with van der Waals surface area (Å²) in [7, 11) is 1.67. The van der Waals surface area contributed by atoms with Gasteiger partial charge in [-0.2, -0.15) is 4.98 Å². The molecule has 22 heavy (non-hydrogen) atoms. The van der Waals surface area contributed by atoms with Crippen LogP contribution in [0.2, 0.25) is 0 Å². The molecule has 114 valence electrons. The van der Waals surface area contributed by atoms with E-state index in [1.807, 2.05) is 30.5 Å². The molecule has 3 rings (SSSR count). The molecule has 3 aromatic rings. The first kappa shape index (κ1) is 14.3. The number of aromatic nitrogens is 3. The van der Waals surface area contributed by atoms with Gasteiger partial charge in [0.1, 0.15) is 5.52 Å². The van der Waals surface area contributed by atoms with Crippen LogP contribution in [0.15, 0.2) is 42.6 Å². The zero-order valence-corrected chi connectivity index (χ0v) is 12.5.